The van der Waals surface area contributed by atoms with Gasteiger partial charge >= 0.3 is 0 Å². The molecule has 0 radical (unpaired) electrons. The van der Waals surface area contributed by atoms with Gasteiger partial charge in [-0.15, -0.1) is 0 Å². The van der Waals surface area contributed by atoms with Gasteiger partial charge in [0.05, 0.1) is 18.4 Å². The molecule has 3 rings (SSSR count). The van der Waals surface area contributed by atoms with Crippen molar-refractivity contribution in [2.24, 2.45) is 0 Å². The summed E-state index contributed by atoms with van der Waals surface area (Å²) in [7, 11) is -2.35. The van der Waals surface area contributed by atoms with E-state index in [0.29, 0.717) is 22.7 Å². The van der Waals surface area contributed by atoms with Crippen molar-refractivity contribution < 1.29 is 22.7 Å². The van der Waals surface area contributed by atoms with Crippen LogP contribution in [0.2, 0.25) is 0 Å². The fourth-order valence-electron chi connectivity index (χ4n) is 3.22. The molecule has 0 aliphatic rings. The van der Waals surface area contributed by atoms with Gasteiger partial charge in [-0.1, -0.05) is 36.4 Å². The second-order valence-electron chi connectivity index (χ2n) is 7.62. The molecule has 34 heavy (non-hydrogen) atoms. The van der Waals surface area contributed by atoms with Crippen LogP contribution < -0.4 is 20.1 Å². The van der Waals surface area contributed by atoms with E-state index in [1.165, 1.54) is 13.2 Å². The van der Waals surface area contributed by atoms with Crippen molar-refractivity contribution in [1.29, 1.82) is 0 Å². The molecule has 178 valence electrons. The molecular weight excluding hydrogens is 454 g/mol. The highest BCUT2D eigenvalue weighted by Crippen LogP contribution is 2.24. The molecule has 8 nitrogen and oxygen atoms in total. The van der Waals surface area contributed by atoms with E-state index in [0.717, 1.165) is 5.56 Å². The minimum atomic E-state index is -3.88. The van der Waals surface area contributed by atoms with Gasteiger partial charge in [0.15, 0.2) is 0 Å². The fraction of sp³-hybridized carbons (Fsp3) is 0.200. The third-order valence-corrected chi connectivity index (χ3v) is 6.51. The highest BCUT2D eigenvalue weighted by Gasteiger charge is 2.18. The van der Waals surface area contributed by atoms with Gasteiger partial charge in [0.2, 0.25) is 11.8 Å². The van der Waals surface area contributed by atoms with Crippen LogP contribution in [0, 0.1) is 6.92 Å². The van der Waals surface area contributed by atoms with Gasteiger partial charge in [0, 0.05) is 24.3 Å². The van der Waals surface area contributed by atoms with Gasteiger partial charge in [0.1, 0.15) is 5.75 Å². The van der Waals surface area contributed by atoms with Gasteiger partial charge in [-0.05, 0) is 54.4 Å². The number of amides is 2. The number of hydrogen-bond donors (Lipinski definition) is 3. The smallest absolute Gasteiger partial charge is 0.262 e. The molecule has 0 spiro atoms. The molecule has 0 aliphatic carbocycles. The Morgan fingerprint density at radius 3 is 2.24 bits per heavy atom. The molecule has 0 heterocycles. The van der Waals surface area contributed by atoms with Crippen molar-refractivity contribution in [3.63, 3.8) is 0 Å². The van der Waals surface area contributed by atoms with E-state index in [1.54, 1.807) is 43.3 Å². The van der Waals surface area contributed by atoms with Crippen LogP contribution in [0.1, 0.15) is 17.5 Å². The average Bonchev–Trinajstić information content (AvgIpc) is 2.81. The summed E-state index contributed by atoms with van der Waals surface area (Å²) in [5, 5.41) is 5.40. The largest absolute Gasteiger partial charge is 0.497 e. The second-order valence-corrected chi connectivity index (χ2v) is 9.28. The fourth-order valence-corrected chi connectivity index (χ4v) is 4.55. The van der Waals surface area contributed by atoms with Gasteiger partial charge in [-0.2, -0.15) is 0 Å². The third kappa shape index (κ3) is 7.08. The first-order valence-corrected chi connectivity index (χ1v) is 12.1. The molecule has 0 aromatic heterocycles. The lowest BCUT2D eigenvalue weighted by Gasteiger charge is -2.13. The summed E-state index contributed by atoms with van der Waals surface area (Å²) in [6.45, 7) is 1.85. The van der Waals surface area contributed by atoms with Crippen molar-refractivity contribution in [3.05, 3.63) is 83.9 Å². The Hall–Kier alpha value is -3.85. The predicted molar refractivity (Wildman–Crippen MR) is 131 cm³/mol. The first-order chi connectivity index (χ1) is 16.3. The maximum Gasteiger partial charge on any atom is 0.262 e. The standard InChI is InChI=1S/C25H27N3O5S/c1-18-8-9-21(17-23(18)34(31,32)28-20-10-12-22(33-2)13-11-20)27-24(29)14-15-26-25(30)16-19-6-4-3-5-7-19/h3-13,17,28H,14-16H2,1-2H3,(H,26,30)(H,27,29). The second kappa shape index (κ2) is 11.3. The van der Waals surface area contributed by atoms with E-state index in [4.69, 9.17) is 4.74 Å². The summed E-state index contributed by atoms with van der Waals surface area (Å²) in [4.78, 5) is 24.4. The number of anilines is 2. The summed E-state index contributed by atoms with van der Waals surface area (Å²) in [5.41, 5.74) is 2.16. The number of aryl methyl sites for hydroxylation is 1. The van der Waals surface area contributed by atoms with Crippen LogP contribution in [0.4, 0.5) is 11.4 Å². The first kappa shape index (κ1) is 24.8. The molecule has 9 heteroatoms. The Kier molecular flexibility index (Phi) is 8.26. The highest BCUT2D eigenvalue weighted by atomic mass is 32.2. The normalized spacial score (nSPS) is 10.9. The van der Waals surface area contributed by atoms with Gasteiger partial charge < -0.3 is 15.4 Å². The summed E-state index contributed by atoms with van der Waals surface area (Å²) >= 11 is 0. The molecule has 0 fully saturated rings. The molecule has 0 bridgehead atoms. The molecule has 3 N–H and O–H groups in total. The van der Waals surface area contributed by atoms with E-state index < -0.39 is 10.0 Å². The highest BCUT2D eigenvalue weighted by molar-refractivity contribution is 7.92. The molecule has 0 aliphatic heterocycles. The molecule has 3 aromatic carbocycles. The number of methoxy groups -OCH3 is 1. The van der Waals surface area contributed by atoms with E-state index in [-0.39, 0.29) is 36.1 Å². The van der Waals surface area contributed by atoms with Crippen LogP contribution in [0.5, 0.6) is 5.75 Å². The zero-order valence-electron chi connectivity index (χ0n) is 19.0. The SMILES string of the molecule is COc1ccc(NS(=O)(=O)c2cc(NC(=O)CCNC(=O)Cc3ccccc3)ccc2C)cc1. The summed E-state index contributed by atoms with van der Waals surface area (Å²) < 4.78 is 33.4. The lowest BCUT2D eigenvalue weighted by Crippen LogP contribution is -2.28. The first-order valence-electron chi connectivity index (χ1n) is 10.6. The van der Waals surface area contributed by atoms with Crippen LogP contribution in [-0.4, -0.2) is 33.9 Å². The van der Waals surface area contributed by atoms with Crippen molar-refractivity contribution >= 4 is 33.2 Å². The number of carbonyl (C=O) groups is 2. The van der Waals surface area contributed by atoms with E-state index in [9.17, 15) is 18.0 Å². The average molecular weight is 482 g/mol. The van der Waals surface area contributed by atoms with Gasteiger partial charge in [-0.3, -0.25) is 14.3 Å². The van der Waals surface area contributed by atoms with Crippen LogP contribution in [0.3, 0.4) is 0 Å². The molecule has 0 unspecified atom stereocenters. The Morgan fingerprint density at radius 2 is 1.56 bits per heavy atom. The zero-order valence-corrected chi connectivity index (χ0v) is 19.8. The zero-order chi connectivity index (χ0) is 24.6. The number of sulfonamides is 1. The van der Waals surface area contributed by atoms with Crippen LogP contribution in [0.25, 0.3) is 0 Å². The number of nitrogens with one attached hydrogen (secondary N) is 3. The molecule has 0 atom stereocenters. The van der Waals surface area contributed by atoms with Crippen molar-refractivity contribution in [2.45, 2.75) is 24.7 Å². The van der Waals surface area contributed by atoms with Gasteiger partial charge in [0.25, 0.3) is 10.0 Å². The number of benzene rings is 3. The predicted octanol–water partition coefficient (Wildman–Crippen LogP) is 3.49. The number of hydrogen-bond acceptors (Lipinski definition) is 5. The topological polar surface area (TPSA) is 114 Å². The Labute approximate surface area is 199 Å². The molecule has 2 amide bonds. The van der Waals surface area contributed by atoms with E-state index in [1.807, 2.05) is 30.3 Å². The van der Waals surface area contributed by atoms with Crippen LogP contribution >= 0.6 is 0 Å². The lowest BCUT2D eigenvalue weighted by atomic mass is 10.1. The van der Waals surface area contributed by atoms with Crippen LogP contribution in [-0.2, 0) is 26.0 Å². The van der Waals surface area contributed by atoms with Crippen molar-refractivity contribution in [3.8, 4) is 5.75 Å². The van der Waals surface area contributed by atoms with Crippen molar-refractivity contribution in [2.75, 3.05) is 23.7 Å². The van der Waals surface area contributed by atoms with E-state index in [2.05, 4.69) is 15.4 Å². The monoisotopic (exact) mass is 481 g/mol. The number of ether oxygens (including phenoxy) is 1. The van der Waals surface area contributed by atoms with Crippen LogP contribution in [0.15, 0.2) is 77.7 Å². The summed E-state index contributed by atoms with van der Waals surface area (Å²) in [6.07, 6.45) is 0.295. The number of rotatable bonds is 10. The minimum Gasteiger partial charge on any atom is -0.497 e. The maximum atomic E-state index is 12.9. The van der Waals surface area contributed by atoms with Crippen molar-refractivity contribution in [1.82, 2.24) is 5.32 Å². The number of carbonyl (C=O) groups excluding carboxylic acids is 2. The summed E-state index contributed by atoms with van der Waals surface area (Å²) in [5.74, 6) is 0.0998. The lowest BCUT2D eigenvalue weighted by molar-refractivity contribution is -0.120. The minimum absolute atomic E-state index is 0.0530. The van der Waals surface area contributed by atoms with E-state index >= 15 is 0 Å². The molecule has 0 saturated heterocycles. The molecule has 0 saturated carbocycles. The summed E-state index contributed by atoms with van der Waals surface area (Å²) in [6, 6.07) is 20.5. The Bertz CT molecular complexity index is 1240. The Morgan fingerprint density at radius 1 is 0.882 bits per heavy atom. The van der Waals surface area contributed by atoms with Gasteiger partial charge in [-0.25, -0.2) is 8.42 Å². The molecular formula is C25H27N3O5S. The maximum absolute atomic E-state index is 12.9. The molecule has 3 aromatic rings. The third-order valence-electron chi connectivity index (χ3n) is 4.99. The Balaban J connectivity index is 1.57. The quantitative estimate of drug-likeness (QED) is 0.410.